The molecule has 0 aliphatic carbocycles. The summed E-state index contributed by atoms with van der Waals surface area (Å²) in [6.45, 7) is 2.09. The van der Waals surface area contributed by atoms with Crippen LogP contribution >= 0.6 is 0 Å². The number of hydrogen-bond donors (Lipinski definition) is 0. The highest BCUT2D eigenvalue weighted by Gasteiger charge is 2.05. The summed E-state index contributed by atoms with van der Waals surface area (Å²) in [5.41, 5.74) is 1.55. The van der Waals surface area contributed by atoms with Gasteiger partial charge >= 0.3 is 5.63 Å². The van der Waals surface area contributed by atoms with Gasteiger partial charge in [0.2, 0.25) is 0 Å². The van der Waals surface area contributed by atoms with E-state index in [0.717, 1.165) is 18.4 Å². The number of aryl methyl sites for hydroxylation is 1. The van der Waals surface area contributed by atoms with E-state index in [1.165, 1.54) is 0 Å². The highest BCUT2D eigenvalue weighted by molar-refractivity contribution is 5.71. The van der Waals surface area contributed by atoms with Crippen molar-refractivity contribution in [3.8, 4) is 0 Å². The third kappa shape index (κ3) is 2.06. The lowest BCUT2D eigenvalue weighted by atomic mass is 10.2. The van der Waals surface area contributed by atoms with E-state index in [1.54, 1.807) is 6.07 Å². The molecular formula is C12H13NO2. The van der Waals surface area contributed by atoms with E-state index in [1.807, 2.05) is 18.2 Å². The molecule has 1 aromatic heterocycles. The Morgan fingerprint density at radius 2 is 2.13 bits per heavy atom. The molecule has 0 spiro atoms. The van der Waals surface area contributed by atoms with Crippen LogP contribution in [0.25, 0.3) is 11.1 Å². The second-order valence-electron chi connectivity index (χ2n) is 3.52. The predicted molar refractivity (Wildman–Crippen MR) is 58.9 cm³/mol. The summed E-state index contributed by atoms with van der Waals surface area (Å²) in [5, 5.41) is 0. The van der Waals surface area contributed by atoms with Crippen molar-refractivity contribution in [2.75, 3.05) is 0 Å². The average molecular weight is 203 g/mol. The number of fused-ring (bicyclic) bond motifs is 1. The molecule has 0 amide bonds. The molecule has 15 heavy (non-hydrogen) atoms. The number of nitrogens with zero attached hydrogens (tertiary/aromatic N) is 1. The van der Waals surface area contributed by atoms with E-state index in [4.69, 9.17) is 4.42 Å². The molecule has 0 N–H and O–H groups in total. The van der Waals surface area contributed by atoms with Crippen molar-refractivity contribution in [3.05, 3.63) is 40.4 Å². The third-order valence-corrected chi connectivity index (χ3v) is 2.33. The van der Waals surface area contributed by atoms with Crippen molar-refractivity contribution in [2.45, 2.75) is 26.2 Å². The third-order valence-electron chi connectivity index (χ3n) is 2.33. The van der Waals surface area contributed by atoms with E-state index in [2.05, 4.69) is 11.9 Å². The van der Waals surface area contributed by atoms with Crippen molar-refractivity contribution >= 4 is 11.1 Å². The molecule has 0 aliphatic rings. The summed E-state index contributed by atoms with van der Waals surface area (Å²) < 4.78 is 5.17. The molecule has 2 aromatic rings. The summed E-state index contributed by atoms with van der Waals surface area (Å²) in [4.78, 5) is 15.8. The van der Waals surface area contributed by atoms with Gasteiger partial charge in [0, 0.05) is 0 Å². The largest absolute Gasteiger partial charge is 0.420 e. The Bertz CT molecular complexity index is 516. The number of aromatic nitrogens is 1. The Morgan fingerprint density at radius 3 is 2.93 bits per heavy atom. The number of benzene rings is 1. The molecule has 0 bridgehead atoms. The molecule has 0 saturated carbocycles. The fraction of sp³-hybridized carbons (Fsp3) is 0.333. The highest BCUT2D eigenvalue weighted by atomic mass is 16.4. The first kappa shape index (κ1) is 9.90. The molecule has 0 fully saturated rings. The van der Waals surface area contributed by atoms with Gasteiger partial charge in [0.05, 0.1) is 0 Å². The number of rotatable bonds is 3. The average Bonchev–Trinajstić information content (AvgIpc) is 2.26. The first-order chi connectivity index (χ1) is 7.31. The van der Waals surface area contributed by atoms with Gasteiger partial charge in [-0.3, -0.25) is 0 Å². The zero-order valence-electron chi connectivity index (χ0n) is 8.69. The summed E-state index contributed by atoms with van der Waals surface area (Å²) in [7, 11) is 0. The van der Waals surface area contributed by atoms with Crippen molar-refractivity contribution in [1.29, 1.82) is 0 Å². The Hall–Kier alpha value is -1.64. The number of unbranched alkanes of at least 4 members (excludes halogenated alkanes) is 1. The fourth-order valence-corrected chi connectivity index (χ4v) is 1.49. The smallest absolute Gasteiger partial charge is 0.358 e. The minimum atomic E-state index is -0.304. The van der Waals surface area contributed by atoms with Gasteiger partial charge in [-0.15, -0.1) is 0 Å². The zero-order chi connectivity index (χ0) is 10.7. The SMILES string of the molecule is CCCCc1nc2ccccc2oc1=O. The first-order valence-corrected chi connectivity index (χ1v) is 5.20. The maximum Gasteiger partial charge on any atom is 0.358 e. The Labute approximate surface area is 87.8 Å². The lowest BCUT2D eigenvalue weighted by Crippen LogP contribution is -2.10. The van der Waals surface area contributed by atoms with Gasteiger partial charge in [-0.05, 0) is 25.0 Å². The summed E-state index contributed by atoms with van der Waals surface area (Å²) in [6.07, 6.45) is 2.72. The molecule has 0 unspecified atom stereocenters. The van der Waals surface area contributed by atoms with E-state index in [9.17, 15) is 4.79 Å². The number of para-hydroxylation sites is 2. The summed E-state index contributed by atoms with van der Waals surface area (Å²) in [5.74, 6) is 0. The van der Waals surface area contributed by atoms with Gasteiger partial charge in [0.1, 0.15) is 11.2 Å². The lowest BCUT2D eigenvalue weighted by molar-refractivity contribution is 0.537. The molecule has 0 saturated heterocycles. The molecule has 0 aliphatic heterocycles. The summed E-state index contributed by atoms with van der Waals surface area (Å²) >= 11 is 0. The van der Waals surface area contributed by atoms with Crippen LogP contribution in [0.3, 0.4) is 0 Å². The molecule has 2 rings (SSSR count). The minimum Gasteiger partial charge on any atom is -0.420 e. The van der Waals surface area contributed by atoms with Crippen molar-refractivity contribution < 1.29 is 4.42 Å². The van der Waals surface area contributed by atoms with Gasteiger partial charge in [0.25, 0.3) is 0 Å². The van der Waals surface area contributed by atoms with Crippen LogP contribution in [0.2, 0.25) is 0 Å². The molecule has 1 aromatic carbocycles. The zero-order valence-corrected chi connectivity index (χ0v) is 8.69. The monoisotopic (exact) mass is 203 g/mol. The molecule has 3 heteroatoms. The molecule has 1 heterocycles. The topological polar surface area (TPSA) is 43.1 Å². The standard InChI is InChI=1S/C12H13NO2/c1-2-3-6-10-12(14)15-11-8-5-4-7-9(11)13-10/h4-5,7-8H,2-3,6H2,1H3. The van der Waals surface area contributed by atoms with Crippen LogP contribution < -0.4 is 5.63 Å². The molecular weight excluding hydrogens is 190 g/mol. The van der Waals surface area contributed by atoms with Crippen LogP contribution in [0.5, 0.6) is 0 Å². The van der Waals surface area contributed by atoms with Crippen molar-refractivity contribution in [3.63, 3.8) is 0 Å². The van der Waals surface area contributed by atoms with E-state index < -0.39 is 0 Å². The highest BCUT2D eigenvalue weighted by Crippen LogP contribution is 2.09. The van der Waals surface area contributed by atoms with Crippen molar-refractivity contribution in [1.82, 2.24) is 4.98 Å². The van der Waals surface area contributed by atoms with E-state index in [0.29, 0.717) is 17.7 Å². The first-order valence-electron chi connectivity index (χ1n) is 5.20. The van der Waals surface area contributed by atoms with Gasteiger partial charge < -0.3 is 4.42 Å². The maximum atomic E-state index is 11.5. The molecule has 0 radical (unpaired) electrons. The van der Waals surface area contributed by atoms with Crippen LogP contribution in [0.15, 0.2) is 33.5 Å². The minimum absolute atomic E-state index is 0.304. The van der Waals surface area contributed by atoms with E-state index in [-0.39, 0.29) is 5.63 Å². The van der Waals surface area contributed by atoms with Gasteiger partial charge in [-0.25, -0.2) is 9.78 Å². The van der Waals surface area contributed by atoms with Gasteiger partial charge in [-0.2, -0.15) is 0 Å². The normalized spacial score (nSPS) is 10.7. The van der Waals surface area contributed by atoms with Gasteiger partial charge in [0.15, 0.2) is 5.58 Å². The maximum absolute atomic E-state index is 11.5. The molecule has 78 valence electrons. The lowest BCUT2D eigenvalue weighted by Gasteiger charge is -1.99. The second kappa shape index (κ2) is 4.26. The Morgan fingerprint density at radius 1 is 1.33 bits per heavy atom. The van der Waals surface area contributed by atoms with Crippen LogP contribution in [0.1, 0.15) is 25.5 Å². The molecule has 3 nitrogen and oxygen atoms in total. The quantitative estimate of drug-likeness (QED) is 0.769. The molecule has 0 atom stereocenters. The fourth-order valence-electron chi connectivity index (χ4n) is 1.49. The Balaban J connectivity index is 2.48. The predicted octanol–water partition coefficient (Wildman–Crippen LogP) is 2.53. The van der Waals surface area contributed by atoms with E-state index >= 15 is 0 Å². The van der Waals surface area contributed by atoms with Crippen LogP contribution in [-0.4, -0.2) is 4.98 Å². The Kier molecular flexibility index (Phi) is 2.81. The summed E-state index contributed by atoms with van der Waals surface area (Å²) in [6, 6.07) is 7.33. The van der Waals surface area contributed by atoms with Crippen LogP contribution in [0, 0.1) is 0 Å². The van der Waals surface area contributed by atoms with Crippen molar-refractivity contribution in [2.24, 2.45) is 0 Å². The van der Waals surface area contributed by atoms with Crippen LogP contribution in [-0.2, 0) is 6.42 Å². The van der Waals surface area contributed by atoms with Gasteiger partial charge in [-0.1, -0.05) is 25.5 Å². The number of hydrogen-bond acceptors (Lipinski definition) is 3. The second-order valence-corrected chi connectivity index (χ2v) is 3.52. The van der Waals surface area contributed by atoms with Crippen LogP contribution in [0.4, 0.5) is 0 Å².